The number of nitrogens with zero attached hydrogens (tertiary/aromatic N) is 1. The van der Waals surface area contributed by atoms with E-state index < -0.39 is 0 Å². The zero-order valence-corrected chi connectivity index (χ0v) is 10.6. The van der Waals surface area contributed by atoms with E-state index in [1.54, 1.807) is 0 Å². The Morgan fingerprint density at radius 3 is 2.21 bits per heavy atom. The summed E-state index contributed by atoms with van der Waals surface area (Å²) in [6.07, 6.45) is 6.98. The van der Waals surface area contributed by atoms with E-state index in [9.17, 15) is 0 Å². The van der Waals surface area contributed by atoms with Crippen LogP contribution in [0, 0.1) is 5.41 Å². The van der Waals surface area contributed by atoms with Gasteiger partial charge in [-0.3, -0.25) is 0 Å². The lowest BCUT2D eigenvalue weighted by Crippen LogP contribution is -2.42. The van der Waals surface area contributed by atoms with Gasteiger partial charge in [0.05, 0.1) is 0 Å². The summed E-state index contributed by atoms with van der Waals surface area (Å²) in [5.41, 5.74) is 0.495. The van der Waals surface area contributed by atoms with Crippen LogP contribution in [0.3, 0.4) is 0 Å². The Kier molecular flexibility index (Phi) is 4.00. The molecule has 0 aliphatic heterocycles. The Morgan fingerprint density at radius 2 is 1.86 bits per heavy atom. The fourth-order valence-electron chi connectivity index (χ4n) is 2.00. The predicted molar refractivity (Wildman–Crippen MR) is 63.6 cm³/mol. The minimum atomic E-state index is 0.495. The maximum atomic E-state index is 2.59. The number of rotatable bonds is 4. The first kappa shape index (κ1) is 12.0. The highest BCUT2D eigenvalue weighted by Gasteiger charge is 2.25. The maximum absolute atomic E-state index is 2.59. The van der Waals surface area contributed by atoms with Crippen molar-refractivity contribution in [2.45, 2.75) is 71.9 Å². The molecule has 0 bridgehead atoms. The first-order valence-electron chi connectivity index (χ1n) is 6.12. The Bertz CT molecular complexity index is 165. The Labute approximate surface area is 89.9 Å². The summed E-state index contributed by atoms with van der Waals surface area (Å²) in [5.74, 6) is 0. The third kappa shape index (κ3) is 3.61. The van der Waals surface area contributed by atoms with E-state index in [1.807, 2.05) is 0 Å². The second kappa shape index (κ2) is 4.65. The molecule has 0 amide bonds. The smallest absolute Gasteiger partial charge is 0.00950 e. The molecule has 1 rings (SSSR count). The summed E-state index contributed by atoms with van der Waals surface area (Å²) in [4.78, 5) is 2.59. The molecule has 1 heteroatoms. The van der Waals surface area contributed by atoms with Crippen molar-refractivity contribution < 1.29 is 0 Å². The molecule has 1 aliphatic carbocycles. The van der Waals surface area contributed by atoms with E-state index in [1.165, 1.54) is 32.1 Å². The van der Waals surface area contributed by atoms with Crippen molar-refractivity contribution in [3.05, 3.63) is 0 Å². The highest BCUT2D eigenvalue weighted by Crippen LogP contribution is 2.28. The van der Waals surface area contributed by atoms with Crippen molar-refractivity contribution >= 4 is 0 Å². The summed E-state index contributed by atoms with van der Waals surface area (Å²) in [6.45, 7) is 9.39. The molecule has 1 aliphatic rings. The van der Waals surface area contributed by atoms with Crippen molar-refractivity contribution in [3.8, 4) is 0 Å². The highest BCUT2D eigenvalue weighted by atomic mass is 15.2. The van der Waals surface area contributed by atoms with Gasteiger partial charge < -0.3 is 4.90 Å². The van der Waals surface area contributed by atoms with Crippen LogP contribution in [-0.2, 0) is 0 Å². The maximum Gasteiger partial charge on any atom is 0.00950 e. The molecule has 0 radical (unpaired) electrons. The van der Waals surface area contributed by atoms with Crippen molar-refractivity contribution in [1.82, 2.24) is 4.90 Å². The van der Waals surface area contributed by atoms with Crippen LogP contribution >= 0.6 is 0 Å². The quantitative estimate of drug-likeness (QED) is 0.664. The van der Waals surface area contributed by atoms with Crippen molar-refractivity contribution in [2.24, 2.45) is 5.41 Å². The van der Waals surface area contributed by atoms with E-state index in [4.69, 9.17) is 0 Å². The van der Waals surface area contributed by atoms with Crippen LogP contribution in [0.5, 0.6) is 0 Å². The summed E-state index contributed by atoms with van der Waals surface area (Å²) in [6, 6.07) is 1.66. The van der Waals surface area contributed by atoms with Gasteiger partial charge in [-0.25, -0.2) is 0 Å². The molecule has 0 aromatic carbocycles. The zero-order valence-electron chi connectivity index (χ0n) is 10.6. The molecular weight excluding hydrogens is 170 g/mol. The molecule has 1 saturated carbocycles. The lowest BCUT2D eigenvalue weighted by Gasteiger charge is -2.39. The van der Waals surface area contributed by atoms with Gasteiger partial charge in [-0.2, -0.15) is 0 Å². The molecular formula is C13H27N. The van der Waals surface area contributed by atoms with Gasteiger partial charge in [0, 0.05) is 12.1 Å². The van der Waals surface area contributed by atoms with E-state index in [0.29, 0.717) is 5.41 Å². The van der Waals surface area contributed by atoms with E-state index in [2.05, 4.69) is 39.6 Å². The van der Waals surface area contributed by atoms with Crippen LogP contribution in [0.25, 0.3) is 0 Å². The zero-order chi connectivity index (χ0) is 10.8. The summed E-state index contributed by atoms with van der Waals surface area (Å²) < 4.78 is 0. The van der Waals surface area contributed by atoms with Gasteiger partial charge in [-0.15, -0.1) is 0 Å². The van der Waals surface area contributed by atoms with Gasteiger partial charge in [0.25, 0.3) is 0 Å². The normalized spacial score (nSPS) is 21.0. The summed E-state index contributed by atoms with van der Waals surface area (Å²) in [5, 5.41) is 0. The molecule has 1 atom stereocenters. The van der Waals surface area contributed by atoms with Gasteiger partial charge in [0.2, 0.25) is 0 Å². The summed E-state index contributed by atoms with van der Waals surface area (Å²) >= 11 is 0. The molecule has 14 heavy (non-hydrogen) atoms. The predicted octanol–water partition coefficient (Wildman–Crippen LogP) is 3.69. The van der Waals surface area contributed by atoms with Crippen LogP contribution in [0.4, 0.5) is 0 Å². The average molecular weight is 197 g/mol. The summed E-state index contributed by atoms with van der Waals surface area (Å²) in [7, 11) is 2.30. The second-order valence-electron chi connectivity index (χ2n) is 6.20. The van der Waals surface area contributed by atoms with E-state index in [-0.39, 0.29) is 0 Å². The minimum absolute atomic E-state index is 0.495. The first-order chi connectivity index (χ1) is 6.40. The molecule has 0 saturated heterocycles. The highest BCUT2D eigenvalue weighted by molar-refractivity contribution is 4.81. The Balaban J connectivity index is 2.23. The Hall–Kier alpha value is -0.0400. The van der Waals surface area contributed by atoms with Gasteiger partial charge >= 0.3 is 0 Å². The Morgan fingerprint density at radius 1 is 1.29 bits per heavy atom. The fourth-order valence-corrected chi connectivity index (χ4v) is 2.00. The molecule has 1 fully saturated rings. The van der Waals surface area contributed by atoms with Crippen LogP contribution in [0.15, 0.2) is 0 Å². The fraction of sp³-hybridized carbons (Fsp3) is 1.00. The minimum Gasteiger partial charge on any atom is -0.301 e. The second-order valence-corrected chi connectivity index (χ2v) is 6.20. The molecule has 0 aromatic rings. The van der Waals surface area contributed by atoms with E-state index in [0.717, 1.165) is 12.1 Å². The van der Waals surface area contributed by atoms with Crippen LogP contribution in [-0.4, -0.2) is 24.0 Å². The molecule has 0 heterocycles. The van der Waals surface area contributed by atoms with Crippen LogP contribution in [0.2, 0.25) is 0 Å². The van der Waals surface area contributed by atoms with Gasteiger partial charge in [0.1, 0.15) is 0 Å². The molecule has 84 valence electrons. The third-order valence-electron chi connectivity index (χ3n) is 3.66. The molecule has 0 spiro atoms. The van der Waals surface area contributed by atoms with Crippen LogP contribution < -0.4 is 0 Å². The van der Waals surface area contributed by atoms with E-state index >= 15 is 0 Å². The van der Waals surface area contributed by atoms with Crippen molar-refractivity contribution in [2.75, 3.05) is 7.05 Å². The number of hydrogen-bond acceptors (Lipinski definition) is 1. The lowest BCUT2D eigenvalue weighted by atomic mass is 9.87. The largest absolute Gasteiger partial charge is 0.301 e. The lowest BCUT2D eigenvalue weighted by molar-refractivity contribution is 0.106. The van der Waals surface area contributed by atoms with Gasteiger partial charge in [-0.05, 0) is 45.1 Å². The van der Waals surface area contributed by atoms with Gasteiger partial charge in [-0.1, -0.05) is 27.2 Å². The monoisotopic (exact) mass is 197 g/mol. The topological polar surface area (TPSA) is 3.24 Å². The standard InChI is InChI=1S/C13H27N/c1-11(9-10-13(2,3)4)14(5)12-7-6-8-12/h11-12H,6-10H2,1-5H3. The van der Waals surface area contributed by atoms with Crippen molar-refractivity contribution in [3.63, 3.8) is 0 Å². The van der Waals surface area contributed by atoms with Gasteiger partial charge in [0.15, 0.2) is 0 Å². The molecule has 0 N–H and O–H groups in total. The van der Waals surface area contributed by atoms with Crippen LogP contribution in [0.1, 0.15) is 59.8 Å². The number of hydrogen-bond donors (Lipinski definition) is 0. The molecule has 1 unspecified atom stereocenters. The molecule has 1 nitrogen and oxygen atoms in total. The van der Waals surface area contributed by atoms with Crippen molar-refractivity contribution in [1.29, 1.82) is 0 Å². The average Bonchev–Trinajstić information content (AvgIpc) is 1.95. The molecule has 0 aromatic heterocycles. The first-order valence-corrected chi connectivity index (χ1v) is 6.12. The SMILES string of the molecule is CC(CCC(C)(C)C)N(C)C1CCC1. The third-order valence-corrected chi connectivity index (χ3v) is 3.66.